The summed E-state index contributed by atoms with van der Waals surface area (Å²) >= 11 is 0. The van der Waals surface area contributed by atoms with E-state index in [0.717, 1.165) is 16.9 Å². The van der Waals surface area contributed by atoms with Gasteiger partial charge in [-0.15, -0.1) is 0 Å². The Bertz CT molecular complexity index is 810. The molecule has 0 unspecified atom stereocenters. The van der Waals surface area contributed by atoms with Gasteiger partial charge in [0.05, 0.1) is 13.7 Å². The lowest BCUT2D eigenvalue weighted by molar-refractivity contribution is -0.121. The van der Waals surface area contributed by atoms with Crippen LogP contribution in [0.15, 0.2) is 65.2 Å². The zero-order valence-corrected chi connectivity index (χ0v) is 14.1. The van der Waals surface area contributed by atoms with Crippen LogP contribution >= 0.6 is 0 Å². The molecule has 0 bridgehead atoms. The summed E-state index contributed by atoms with van der Waals surface area (Å²) in [6, 6.07) is 19.3. The maximum atomic E-state index is 12.0. The number of benzene rings is 2. The second kappa shape index (κ2) is 8.15. The summed E-state index contributed by atoms with van der Waals surface area (Å²) < 4.78 is 10.4. The number of aryl methyl sites for hydroxylation is 1. The average molecular weight is 336 g/mol. The number of ether oxygens (including phenoxy) is 1. The zero-order valence-electron chi connectivity index (χ0n) is 14.1. The fraction of sp³-hybridized carbons (Fsp3) is 0.200. The van der Waals surface area contributed by atoms with Crippen molar-refractivity contribution in [3.05, 3.63) is 71.9 Å². The maximum Gasteiger partial charge on any atom is 0.220 e. The van der Waals surface area contributed by atoms with E-state index in [2.05, 4.69) is 10.5 Å². The van der Waals surface area contributed by atoms with Gasteiger partial charge in [0.2, 0.25) is 5.91 Å². The van der Waals surface area contributed by atoms with Gasteiger partial charge in [-0.05, 0) is 24.1 Å². The molecule has 1 amide bonds. The lowest BCUT2D eigenvalue weighted by Gasteiger charge is -2.04. The first-order chi connectivity index (χ1) is 12.2. The zero-order chi connectivity index (χ0) is 17.5. The van der Waals surface area contributed by atoms with Gasteiger partial charge in [0.25, 0.3) is 0 Å². The lowest BCUT2D eigenvalue weighted by atomic mass is 10.1. The van der Waals surface area contributed by atoms with Gasteiger partial charge < -0.3 is 14.6 Å². The van der Waals surface area contributed by atoms with Crippen molar-refractivity contribution in [2.45, 2.75) is 19.4 Å². The third-order valence-corrected chi connectivity index (χ3v) is 3.88. The van der Waals surface area contributed by atoms with Crippen LogP contribution in [0.3, 0.4) is 0 Å². The minimum absolute atomic E-state index is 0.0138. The van der Waals surface area contributed by atoms with Gasteiger partial charge in [0, 0.05) is 18.1 Å². The van der Waals surface area contributed by atoms with Crippen molar-refractivity contribution >= 4 is 5.91 Å². The number of hydrogen-bond donors (Lipinski definition) is 1. The van der Waals surface area contributed by atoms with Crippen LogP contribution in [0.1, 0.15) is 17.7 Å². The third-order valence-electron chi connectivity index (χ3n) is 3.88. The standard InChI is InChI=1S/C20H20N2O3/c1-24-18-10-7-15(8-11-18)9-12-20(23)21-14-17-13-19(25-22-17)16-5-3-2-4-6-16/h2-8,10-11,13H,9,12,14H2,1H3,(H,21,23). The molecule has 3 aromatic rings. The predicted molar refractivity (Wildman–Crippen MR) is 95.1 cm³/mol. The maximum absolute atomic E-state index is 12.0. The summed E-state index contributed by atoms with van der Waals surface area (Å²) in [4.78, 5) is 12.0. The molecule has 0 radical (unpaired) electrons. The average Bonchev–Trinajstić information content (AvgIpc) is 3.15. The van der Waals surface area contributed by atoms with E-state index in [1.807, 2.05) is 60.7 Å². The first-order valence-electron chi connectivity index (χ1n) is 8.15. The van der Waals surface area contributed by atoms with Crippen molar-refractivity contribution in [2.75, 3.05) is 7.11 Å². The molecule has 25 heavy (non-hydrogen) atoms. The van der Waals surface area contributed by atoms with Crippen molar-refractivity contribution in [1.82, 2.24) is 10.5 Å². The van der Waals surface area contributed by atoms with Crippen molar-refractivity contribution in [1.29, 1.82) is 0 Å². The summed E-state index contributed by atoms with van der Waals surface area (Å²) in [5.41, 5.74) is 2.77. The van der Waals surface area contributed by atoms with Crippen LogP contribution in [0.2, 0.25) is 0 Å². The normalized spacial score (nSPS) is 10.4. The quantitative estimate of drug-likeness (QED) is 0.716. The van der Waals surface area contributed by atoms with Gasteiger partial charge in [-0.3, -0.25) is 4.79 Å². The molecule has 2 aromatic carbocycles. The molecule has 5 heteroatoms. The fourth-order valence-electron chi connectivity index (χ4n) is 2.46. The van der Waals surface area contributed by atoms with Crippen LogP contribution in [0.25, 0.3) is 11.3 Å². The number of carbonyl (C=O) groups is 1. The van der Waals surface area contributed by atoms with Crippen molar-refractivity contribution < 1.29 is 14.1 Å². The molecule has 128 valence electrons. The minimum Gasteiger partial charge on any atom is -0.497 e. The molecule has 0 fully saturated rings. The van der Waals surface area contributed by atoms with E-state index in [4.69, 9.17) is 9.26 Å². The largest absolute Gasteiger partial charge is 0.497 e. The Hall–Kier alpha value is -3.08. The van der Waals surface area contributed by atoms with E-state index in [0.29, 0.717) is 30.8 Å². The summed E-state index contributed by atoms with van der Waals surface area (Å²) in [5.74, 6) is 1.50. The van der Waals surface area contributed by atoms with Crippen LogP contribution < -0.4 is 10.1 Å². The fourth-order valence-corrected chi connectivity index (χ4v) is 2.46. The number of amides is 1. The van der Waals surface area contributed by atoms with Gasteiger partial charge in [-0.25, -0.2) is 0 Å². The Morgan fingerprint density at radius 1 is 1.12 bits per heavy atom. The van der Waals surface area contributed by atoms with Gasteiger partial charge >= 0.3 is 0 Å². The first-order valence-corrected chi connectivity index (χ1v) is 8.15. The second-order valence-electron chi connectivity index (χ2n) is 5.67. The highest BCUT2D eigenvalue weighted by Crippen LogP contribution is 2.19. The minimum atomic E-state index is -0.0138. The van der Waals surface area contributed by atoms with Crippen LogP contribution in [0.4, 0.5) is 0 Å². The molecule has 1 aromatic heterocycles. The molecule has 3 rings (SSSR count). The number of hydrogen-bond acceptors (Lipinski definition) is 4. The SMILES string of the molecule is COc1ccc(CCC(=O)NCc2cc(-c3ccccc3)on2)cc1. The van der Waals surface area contributed by atoms with Crippen molar-refractivity contribution in [3.63, 3.8) is 0 Å². The number of carbonyl (C=O) groups excluding carboxylic acids is 1. The Labute approximate surface area is 146 Å². The lowest BCUT2D eigenvalue weighted by Crippen LogP contribution is -2.23. The Morgan fingerprint density at radius 3 is 2.60 bits per heavy atom. The molecular weight excluding hydrogens is 316 g/mol. The van der Waals surface area contributed by atoms with Crippen LogP contribution in [-0.4, -0.2) is 18.2 Å². The number of nitrogens with one attached hydrogen (secondary N) is 1. The molecule has 5 nitrogen and oxygen atoms in total. The van der Waals surface area contributed by atoms with Gasteiger partial charge in [-0.1, -0.05) is 47.6 Å². The van der Waals surface area contributed by atoms with E-state index < -0.39 is 0 Å². The topological polar surface area (TPSA) is 64.4 Å². The van der Waals surface area contributed by atoms with Crippen LogP contribution in [0, 0.1) is 0 Å². The predicted octanol–water partition coefficient (Wildman–Crippen LogP) is 3.60. The summed E-state index contributed by atoms with van der Waals surface area (Å²) in [7, 11) is 1.63. The highest BCUT2D eigenvalue weighted by atomic mass is 16.5. The molecule has 0 saturated carbocycles. The number of rotatable bonds is 7. The van der Waals surface area contributed by atoms with E-state index in [-0.39, 0.29) is 5.91 Å². The van der Waals surface area contributed by atoms with Crippen molar-refractivity contribution in [3.8, 4) is 17.1 Å². The van der Waals surface area contributed by atoms with Gasteiger partial charge in [0.1, 0.15) is 11.4 Å². The van der Waals surface area contributed by atoms with E-state index in [1.54, 1.807) is 7.11 Å². The third kappa shape index (κ3) is 4.70. The molecule has 1 N–H and O–H groups in total. The van der Waals surface area contributed by atoms with E-state index in [9.17, 15) is 4.79 Å². The van der Waals surface area contributed by atoms with Crippen molar-refractivity contribution in [2.24, 2.45) is 0 Å². The summed E-state index contributed by atoms with van der Waals surface area (Å²) in [6.45, 7) is 0.359. The molecule has 0 aliphatic rings. The molecule has 0 aliphatic heterocycles. The summed E-state index contributed by atoms with van der Waals surface area (Å²) in [6.07, 6.45) is 1.11. The monoisotopic (exact) mass is 336 g/mol. The smallest absolute Gasteiger partial charge is 0.220 e. The Kier molecular flexibility index (Phi) is 5.46. The molecule has 0 aliphatic carbocycles. The number of nitrogens with zero attached hydrogens (tertiary/aromatic N) is 1. The highest BCUT2D eigenvalue weighted by molar-refractivity contribution is 5.76. The molecular formula is C20H20N2O3. The van der Waals surface area contributed by atoms with Crippen LogP contribution in [-0.2, 0) is 17.8 Å². The van der Waals surface area contributed by atoms with E-state index in [1.165, 1.54) is 0 Å². The van der Waals surface area contributed by atoms with Gasteiger partial charge in [-0.2, -0.15) is 0 Å². The van der Waals surface area contributed by atoms with Gasteiger partial charge in [0.15, 0.2) is 5.76 Å². The first kappa shape index (κ1) is 16.8. The number of methoxy groups -OCH3 is 1. The second-order valence-corrected chi connectivity index (χ2v) is 5.67. The molecule has 1 heterocycles. The Morgan fingerprint density at radius 2 is 1.88 bits per heavy atom. The molecule has 0 atom stereocenters. The summed E-state index contributed by atoms with van der Waals surface area (Å²) in [5, 5.41) is 6.87. The Balaban J connectivity index is 1.46. The molecule has 0 saturated heterocycles. The number of aromatic nitrogens is 1. The highest BCUT2D eigenvalue weighted by Gasteiger charge is 2.08. The molecule has 0 spiro atoms. The van der Waals surface area contributed by atoms with Crippen LogP contribution in [0.5, 0.6) is 5.75 Å². The van der Waals surface area contributed by atoms with E-state index >= 15 is 0 Å².